The van der Waals surface area contributed by atoms with Crippen molar-refractivity contribution in [3.63, 3.8) is 0 Å². The Labute approximate surface area is 286 Å². The molecule has 4 rings (SSSR count). The van der Waals surface area contributed by atoms with Crippen molar-refractivity contribution in [1.82, 2.24) is 0 Å². The number of rotatable bonds is 23. The molecule has 8 nitrogen and oxygen atoms in total. The number of benzene rings is 4. The van der Waals surface area contributed by atoms with Crippen LogP contribution in [0.1, 0.15) is 71.6 Å². The molecule has 0 aliphatic rings. The van der Waals surface area contributed by atoms with Crippen LogP contribution >= 0.6 is 0 Å². The molecule has 4 aromatic rings. The van der Waals surface area contributed by atoms with Crippen LogP contribution in [0.5, 0.6) is 11.5 Å². The van der Waals surface area contributed by atoms with Gasteiger partial charge >= 0.3 is 0 Å². The van der Waals surface area contributed by atoms with E-state index in [1.807, 2.05) is 90.9 Å². The average molecular weight is 657 g/mol. The molecule has 0 saturated carbocycles. The summed E-state index contributed by atoms with van der Waals surface area (Å²) in [5, 5.41) is 8.52. The van der Waals surface area contributed by atoms with Crippen molar-refractivity contribution in [2.45, 2.75) is 71.6 Å². The fourth-order valence-corrected chi connectivity index (χ4v) is 5.05. The van der Waals surface area contributed by atoms with E-state index < -0.39 is 0 Å². The standard InChI is InChI=1S/C39H53FN6O2/c1-4-6-8-10-12-28-48-37-24-20-35(21-25-37)46(3)45-33-15-13-31(14-16-33)41-30-42-34-19-26-39(38(40)29-34)44-43-32-17-22-36(23-18-32)47-27-11-9-7-5-2/h13-26,29,41-45H,4-12,27-28,30H2,1-3H3. The molecule has 0 aromatic heterocycles. The third-order valence-electron chi connectivity index (χ3n) is 7.94. The highest BCUT2D eigenvalue weighted by molar-refractivity contribution is 5.61. The number of halogens is 1. The number of ether oxygens (including phenoxy) is 2. The van der Waals surface area contributed by atoms with Crippen molar-refractivity contribution in [2.24, 2.45) is 0 Å². The van der Waals surface area contributed by atoms with Crippen molar-refractivity contribution in [3.8, 4) is 11.5 Å². The van der Waals surface area contributed by atoms with Crippen LogP contribution in [0, 0.1) is 5.82 Å². The second-order valence-corrected chi connectivity index (χ2v) is 11.9. The van der Waals surface area contributed by atoms with E-state index in [9.17, 15) is 4.39 Å². The minimum atomic E-state index is -0.362. The van der Waals surface area contributed by atoms with Crippen LogP contribution in [-0.4, -0.2) is 26.9 Å². The van der Waals surface area contributed by atoms with E-state index in [1.54, 1.807) is 6.07 Å². The SMILES string of the molecule is CCCCCCCOc1ccc(N(C)Nc2ccc(NCNc3ccc(NNc4ccc(OCCCCCC)cc4)c(F)c3)cc2)cc1. The molecular formula is C39H53FN6O2. The first-order chi connectivity index (χ1) is 23.5. The molecular weight excluding hydrogens is 603 g/mol. The van der Waals surface area contributed by atoms with Gasteiger partial charge in [0.25, 0.3) is 0 Å². The fraction of sp³-hybridized carbons (Fsp3) is 0.385. The number of hydrogen-bond donors (Lipinski definition) is 5. The molecule has 0 amide bonds. The predicted octanol–water partition coefficient (Wildman–Crippen LogP) is 10.5. The number of nitrogens with zero attached hydrogens (tertiary/aromatic N) is 1. The van der Waals surface area contributed by atoms with Crippen molar-refractivity contribution < 1.29 is 13.9 Å². The van der Waals surface area contributed by atoms with Gasteiger partial charge in [0.1, 0.15) is 17.3 Å². The van der Waals surface area contributed by atoms with Gasteiger partial charge in [0.2, 0.25) is 0 Å². The first-order valence-corrected chi connectivity index (χ1v) is 17.4. The Morgan fingerprint density at radius 3 is 1.71 bits per heavy atom. The number of nitrogens with one attached hydrogen (secondary N) is 5. The van der Waals surface area contributed by atoms with Gasteiger partial charge in [-0.3, -0.25) is 15.9 Å². The van der Waals surface area contributed by atoms with Crippen LogP contribution in [0.25, 0.3) is 0 Å². The van der Waals surface area contributed by atoms with Gasteiger partial charge in [-0.05, 0) is 104 Å². The maximum Gasteiger partial charge on any atom is 0.150 e. The number of anilines is 6. The van der Waals surface area contributed by atoms with E-state index in [2.05, 4.69) is 40.8 Å². The zero-order valence-electron chi connectivity index (χ0n) is 28.8. The fourth-order valence-electron chi connectivity index (χ4n) is 5.05. The van der Waals surface area contributed by atoms with Gasteiger partial charge in [-0.15, -0.1) is 0 Å². The second-order valence-electron chi connectivity index (χ2n) is 11.9. The molecule has 48 heavy (non-hydrogen) atoms. The van der Waals surface area contributed by atoms with Crippen LogP contribution < -0.4 is 41.4 Å². The van der Waals surface area contributed by atoms with Crippen molar-refractivity contribution >= 4 is 34.1 Å². The Morgan fingerprint density at radius 1 is 0.562 bits per heavy atom. The highest BCUT2D eigenvalue weighted by Gasteiger charge is 2.05. The zero-order chi connectivity index (χ0) is 33.8. The van der Waals surface area contributed by atoms with Crippen LogP contribution in [0.3, 0.4) is 0 Å². The van der Waals surface area contributed by atoms with Crippen LogP contribution in [0.15, 0.2) is 91.0 Å². The topological polar surface area (TPSA) is 81.9 Å². The number of hydrogen-bond acceptors (Lipinski definition) is 8. The molecule has 0 heterocycles. The van der Waals surface area contributed by atoms with Gasteiger partial charge in [0.05, 0.1) is 42.6 Å². The molecule has 0 radical (unpaired) electrons. The van der Waals surface area contributed by atoms with E-state index in [0.29, 0.717) is 18.0 Å². The molecule has 0 aliphatic heterocycles. The minimum Gasteiger partial charge on any atom is -0.494 e. The Bertz CT molecular complexity index is 1450. The van der Waals surface area contributed by atoms with Crippen LogP contribution in [0.4, 0.5) is 38.5 Å². The minimum absolute atomic E-state index is 0.357. The highest BCUT2D eigenvalue weighted by atomic mass is 19.1. The maximum atomic E-state index is 14.8. The summed E-state index contributed by atoms with van der Waals surface area (Å²) in [6, 6.07) is 28.8. The van der Waals surface area contributed by atoms with Crippen molar-refractivity contribution in [3.05, 3.63) is 96.8 Å². The van der Waals surface area contributed by atoms with Crippen molar-refractivity contribution in [2.75, 3.05) is 58.8 Å². The summed E-state index contributed by atoms with van der Waals surface area (Å²) in [5.41, 5.74) is 14.2. The summed E-state index contributed by atoms with van der Waals surface area (Å²) in [7, 11) is 1.99. The molecule has 0 aliphatic carbocycles. The summed E-state index contributed by atoms with van der Waals surface area (Å²) in [5.74, 6) is 1.37. The lowest BCUT2D eigenvalue weighted by atomic mass is 10.2. The van der Waals surface area contributed by atoms with Gasteiger partial charge in [-0.25, -0.2) is 4.39 Å². The monoisotopic (exact) mass is 656 g/mol. The summed E-state index contributed by atoms with van der Waals surface area (Å²) in [6.07, 6.45) is 10.9. The molecule has 0 atom stereocenters. The summed E-state index contributed by atoms with van der Waals surface area (Å²) < 4.78 is 26.5. The van der Waals surface area contributed by atoms with E-state index in [1.165, 1.54) is 51.0 Å². The van der Waals surface area contributed by atoms with E-state index in [4.69, 9.17) is 9.47 Å². The average Bonchev–Trinajstić information content (AvgIpc) is 3.11. The van der Waals surface area contributed by atoms with Gasteiger partial charge in [-0.1, -0.05) is 58.8 Å². The second kappa shape index (κ2) is 20.4. The van der Waals surface area contributed by atoms with Gasteiger partial charge in [-0.2, -0.15) is 0 Å². The molecule has 0 spiro atoms. The quantitative estimate of drug-likeness (QED) is 0.0307. The first-order valence-electron chi connectivity index (χ1n) is 17.4. The summed E-state index contributed by atoms with van der Waals surface area (Å²) >= 11 is 0. The smallest absolute Gasteiger partial charge is 0.150 e. The summed E-state index contributed by atoms with van der Waals surface area (Å²) in [4.78, 5) is 0. The third kappa shape index (κ3) is 12.8. The molecule has 4 aromatic carbocycles. The molecule has 5 N–H and O–H groups in total. The zero-order valence-corrected chi connectivity index (χ0v) is 28.8. The summed E-state index contributed by atoms with van der Waals surface area (Å²) in [6.45, 7) is 6.35. The molecule has 0 saturated heterocycles. The lowest BCUT2D eigenvalue weighted by Crippen LogP contribution is -2.24. The molecule has 258 valence electrons. The third-order valence-corrected chi connectivity index (χ3v) is 7.94. The molecule has 9 heteroatoms. The highest BCUT2D eigenvalue weighted by Crippen LogP contribution is 2.23. The molecule has 0 bridgehead atoms. The molecule has 0 unspecified atom stereocenters. The van der Waals surface area contributed by atoms with Crippen molar-refractivity contribution in [1.29, 1.82) is 0 Å². The first kappa shape index (κ1) is 36.1. The largest absolute Gasteiger partial charge is 0.494 e. The maximum absolute atomic E-state index is 14.8. The Kier molecular flexibility index (Phi) is 15.4. The van der Waals surface area contributed by atoms with Gasteiger partial charge in [0.15, 0.2) is 0 Å². The van der Waals surface area contributed by atoms with Crippen LogP contribution in [-0.2, 0) is 0 Å². The molecule has 0 fully saturated rings. The van der Waals surface area contributed by atoms with E-state index in [-0.39, 0.29) is 5.82 Å². The van der Waals surface area contributed by atoms with E-state index >= 15 is 0 Å². The Balaban J connectivity index is 1.13. The van der Waals surface area contributed by atoms with Crippen LogP contribution in [0.2, 0.25) is 0 Å². The normalized spacial score (nSPS) is 10.7. The Morgan fingerprint density at radius 2 is 1.08 bits per heavy atom. The van der Waals surface area contributed by atoms with Gasteiger partial charge in [0, 0.05) is 18.4 Å². The lowest BCUT2D eigenvalue weighted by Gasteiger charge is -2.22. The predicted molar refractivity (Wildman–Crippen MR) is 201 cm³/mol. The van der Waals surface area contributed by atoms with Gasteiger partial charge < -0.3 is 25.5 Å². The van der Waals surface area contributed by atoms with E-state index in [0.717, 1.165) is 60.3 Å². The number of hydrazine groups is 2. The number of unbranched alkanes of at least 4 members (excludes halogenated alkanes) is 7. The Hall–Kier alpha value is -4.79. The lowest BCUT2D eigenvalue weighted by molar-refractivity contribution is 0.304.